The number of nitrogens with two attached hydrogens (primary N) is 1. The van der Waals surface area contributed by atoms with Crippen LogP contribution in [0.4, 0.5) is 37.8 Å². The summed E-state index contributed by atoms with van der Waals surface area (Å²) in [6.45, 7) is 3.86. The van der Waals surface area contributed by atoms with E-state index in [4.69, 9.17) is 30.3 Å². The Morgan fingerprint density at radius 3 is 1.94 bits per heavy atom. The number of rotatable bonds is 7. The number of nitrogen functional groups attached to an aromatic ring is 1. The molecule has 0 unspecified atom stereocenters. The van der Waals surface area contributed by atoms with E-state index in [1.54, 1.807) is 0 Å². The van der Waals surface area contributed by atoms with Crippen LogP contribution < -0.4 is 16.2 Å². The number of carbonyl (C=O) groups excluding carboxylic acids is 2. The van der Waals surface area contributed by atoms with Gasteiger partial charge in [-0.3, -0.25) is 0 Å². The van der Waals surface area contributed by atoms with Crippen LogP contribution in [-0.2, 0) is 25.7 Å². The molecule has 254 valence electrons. The highest BCUT2D eigenvalue weighted by Crippen LogP contribution is 2.37. The minimum Gasteiger partial charge on any atom is -0.542 e. The lowest BCUT2D eigenvalue weighted by atomic mass is 9.83. The third-order valence-corrected chi connectivity index (χ3v) is 7.56. The number of benzene rings is 2. The maximum absolute atomic E-state index is 13.5. The van der Waals surface area contributed by atoms with E-state index < -0.39 is 30.3 Å². The van der Waals surface area contributed by atoms with Gasteiger partial charge in [-0.2, -0.15) is 26.3 Å². The van der Waals surface area contributed by atoms with E-state index in [0.29, 0.717) is 11.7 Å². The van der Waals surface area contributed by atoms with E-state index in [1.807, 2.05) is 78.9 Å². The van der Waals surface area contributed by atoms with E-state index in [9.17, 15) is 31.1 Å². The molecule has 4 heterocycles. The van der Waals surface area contributed by atoms with Gasteiger partial charge < -0.3 is 35.3 Å². The Balaban J connectivity index is 0.000000360. The molecule has 2 aromatic carbocycles. The maximum atomic E-state index is 13.5. The Labute approximate surface area is 265 Å². The normalized spacial score (nSPS) is 20.7. The number of nitrogens with one attached hydrogen (secondary N) is 1. The molecule has 0 spiro atoms. The van der Waals surface area contributed by atoms with Crippen molar-refractivity contribution >= 4 is 29.4 Å². The van der Waals surface area contributed by atoms with Crippen molar-refractivity contribution in [3.05, 3.63) is 90.1 Å². The summed E-state index contributed by atoms with van der Waals surface area (Å²) in [4.78, 5) is 35.7. The molecule has 3 saturated heterocycles. The number of para-hydroxylation sites is 1. The lowest BCUT2D eigenvalue weighted by Gasteiger charge is -2.52. The largest absolute Gasteiger partial charge is 0.542 e. The van der Waals surface area contributed by atoms with Crippen molar-refractivity contribution in [3.8, 4) is 0 Å². The first kappa shape index (κ1) is 36.6. The number of ether oxygens (including phenoxy) is 1. The zero-order chi connectivity index (χ0) is 34.8. The quantitative estimate of drug-likeness (QED) is 0.192. The van der Waals surface area contributed by atoms with Crippen molar-refractivity contribution in [2.45, 2.75) is 43.9 Å². The number of nitrogens with zero attached hydrogens (tertiary/aromatic N) is 2. The fraction of sp³-hybridized carbons (Fsp3) is 0.355. The Morgan fingerprint density at radius 1 is 0.915 bits per heavy atom. The van der Waals surface area contributed by atoms with Gasteiger partial charge in [0.05, 0.1) is 18.8 Å². The van der Waals surface area contributed by atoms with E-state index in [-0.39, 0.29) is 12.1 Å². The van der Waals surface area contributed by atoms with Crippen LogP contribution in [0, 0.1) is 5.92 Å². The van der Waals surface area contributed by atoms with Crippen molar-refractivity contribution in [1.82, 2.24) is 4.98 Å². The number of carboxylic acid groups (broad SMARTS) is 2. The molecular weight excluding hydrogens is 638 g/mol. The fourth-order valence-corrected chi connectivity index (χ4v) is 5.35. The number of carboxylic acids is 2. The second-order valence-corrected chi connectivity index (χ2v) is 10.9. The molecule has 47 heavy (non-hydrogen) atoms. The van der Waals surface area contributed by atoms with Crippen LogP contribution in [0.2, 0.25) is 0 Å². The molecule has 2 bridgehead atoms. The number of anilines is 2. The Bertz CT molecular complexity index is 1460. The molecule has 3 aromatic rings. The standard InChI is InChI=1S/C27H31N4O2.2C2HF3O2/c28-25-13-7-12-23(29-25)18-31-16-14-20(15-17-31)24(19-31)33-27(32)26(21-8-3-1-4-9-21)30-22-10-5-2-6-11-22;2*3-2(4,5)1(6)7/h1-13,20,24,26,30H,14-19H2,(H2,28,29);2*(H,6,7)/q+1;;/p-1/t20?,24-,26+,31?;;/m0../s1. The Kier molecular flexibility index (Phi) is 12.2. The van der Waals surface area contributed by atoms with Crippen LogP contribution in [0.3, 0.4) is 0 Å². The first-order chi connectivity index (χ1) is 22.0. The zero-order valence-corrected chi connectivity index (χ0v) is 24.7. The molecule has 0 radical (unpaired) electrons. The molecule has 1 aromatic heterocycles. The van der Waals surface area contributed by atoms with Crippen molar-refractivity contribution in [1.29, 1.82) is 0 Å². The molecule has 16 heteroatoms. The molecule has 3 aliphatic heterocycles. The monoisotopic (exact) mass is 670 g/mol. The van der Waals surface area contributed by atoms with Gasteiger partial charge in [0.1, 0.15) is 24.9 Å². The van der Waals surface area contributed by atoms with E-state index in [0.717, 1.165) is 60.4 Å². The van der Waals surface area contributed by atoms with Gasteiger partial charge in [-0.15, -0.1) is 0 Å². The molecule has 0 aliphatic carbocycles. The number of hydrogen-bond acceptors (Lipinski definition) is 8. The number of piperidine rings is 3. The third kappa shape index (κ3) is 11.2. The highest BCUT2D eigenvalue weighted by molar-refractivity contribution is 5.81. The summed E-state index contributed by atoms with van der Waals surface area (Å²) in [5.41, 5.74) is 8.72. The number of alkyl halides is 6. The molecule has 3 fully saturated rings. The van der Waals surface area contributed by atoms with Crippen molar-refractivity contribution < 1.29 is 60.2 Å². The topological polar surface area (TPSA) is 155 Å². The number of hydrogen-bond donors (Lipinski definition) is 3. The molecule has 2 atom stereocenters. The van der Waals surface area contributed by atoms with Gasteiger partial charge in [-0.25, -0.2) is 14.6 Å². The van der Waals surface area contributed by atoms with Gasteiger partial charge in [-0.05, 0) is 29.8 Å². The highest BCUT2D eigenvalue weighted by Gasteiger charge is 2.48. The van der Waals surface area contributed by atoms with Gasteiger partial charge in [0.25, 0.3) is 0 Å². The molecule has 10 nitrogen and oxygen atoms in total. The second-order valence-electron chi connectivity index (χ2n) is 10.9. The lowest BCUT2D eigenvalue weighted by Crippen LogP contribution is -2.64. The van der Waals surface area contributed by atoms with E-state index in [1.165, 1.54) is 0 Å². The molecule has 0 saturated carbocycles. The predicted octanol–water partition coefficient (Wildman–Crippen LogP) is 4.10. The van der Waals surface area contributed by atoms with E-state index in [2.05, 4.69) is 10.3 Å². The van der Waals surface area contributed by atoms with Crippen molar-refractivity contribution in [2.24, 2.45) is 5.92 Å². The molecular formula is C31H32F6N4O6. The van der Waals surface area contributed by atoms with Crippen LogP contribution in [0.15, 0.2) is 78.9 Å². The summed E-state index contributed by atoms with van der Waals surface area (Å²) < 4.78 is 70.4. The summed E-state index contributed by atoms with van der Waals surface area (Å²) in [6.07, 6.45) is -8.21. The molecule has 0 amide bonds. The summed E-state index contributed by atoms with van der Waals surface area (Å²) in [6, 6.07) is 24.9. The smallest absolute Gasteiger partial charge is 0.490 e. The van der Waals surface area contributed by atoms with Crippen molar-refractivity contribution in [2.75, 3.05) is 30.7 Å². The van der Waals surface area contributed by atoms with Crippen LogP contribution >= 0.6 is 0 Å². The van der Waals surface area contributed by atoms with Crippen LogP contribution in [0.5, 0.6) is 0 Å². The minimum atomic E-state index is -5.19. The third-order valence-electron chi connectivity index (χ3n) is 7.56. The van der Waals surface area contributed by atoms with Crippen LogP contribution in [0.1, 0.15) is 30.1 Å². The number of pyridine rings is 1. The van der Waals surface area contributed by atoms with Gasteiger partial charge >= 0.3 is 24.3 Å². The van der Waals surface area contributed by atoms with Gasteiger partial charge in [0.15, 0.2) is 12.1 Å². The maximum Gasteiger partial charge on any atom is 0.490 e. The van der Waals surface area contributed by atoms with Gasteiger partial charge in [0.2, 0.25) is 0 Å². The Hall–Kier alpha value is -4.86. The average molecular weight is 671 g/mol. The summed E-state index contributed by atoms with van der Waals surface area (Å²) >= 11 is 0. The number of halogens is 6. The summed E-state index contributed by atoms with van der Waals surface area (Å²) in [7, 11) is 0. The molecule has 4 N–H and O–H groups in total. The number of aliphatic carboxylic acids is 2. The van der Waals surface area contributed by atoms with Gasteiger partial charge in [0, 0.05) is 24.4 Å². The number of quaternary nitrogens is 1. The number of carbonyl (C=O) groups is 3. The molecule has 6 rings (SSSR count). The molecule has 3 aliphatic rings. The zero-order valence-electron chi connectivity index (χ0n) is 24.7. The van der Waals surface area contributed by atoms with Crippen LogP contribution in [0.25, 0.3) is 0 Å². The number of fused-ring (bicyclic) bond motifs is 3. The second kappa shape index (κ2) is 15.6. The lowest BCUT2D eigenvalue weighted by molar-refractivity contribution is -0.958. The predicted molar refractivity (Wildman–Crippen MR) is 154 cm³/mol. The van der Waals surface area contributed by atoms with Gasteiger partial charge in [-0.1, -0.05) is 54.6 Å². The van der Waals surface area contributed by atoms with E-state index >= 15 is 0 Å². The first-order valence-corrected chi connectivity index (χ1v) is 14.2. The number of aromatic nitrogens is 1. The first-order valence-electron chi connectivity index (χ1n) is 14.2. The fourth-order valence-electron chi connectivity index (χ4n) is 5.35. The highest BCUT2D eigenvalue weighted by atomic mass is 19.4. The SMILES string of the molecule is Nc1cccc(C[N+]23CCC(CC2)[C@@H](OC(=O)[C@H](Nc2ccccc2)c2ccccc2)C3)n1.O=C(O)C(F)(F)F.O=C([O-])C(F)(F)F. The summed E-state index contributed by atoms with van der Waals surface area (Å²) in [5.74, 6) is -5.00. The Morgan fingerprint density at radius 2 is 1.45 bits per heavy atom. The number of esters is 1. The minimum absolute atomic E-state index is 0.0788. The van der Waals surface area contributed by atoms with Crippen molar-refractivity contribution in [3.63, 3.8) is 0 Å². The average Bonchev–Trinajstić information content (AvgIpc) is 3.01. The summed E-state index contributed by atoms with van der Waals surface area (Å²) in [5, 5.41) is 19.3. The van der Waals surface area contributed by atoms with Crippen LogP contribution in [-0.4, -0.2) is 70.6 Å².